The molecule has 2 unspecified atom stereocenters. The van der Waals surface area contributed by atoms with Crippen molar-refractivity contribution >= 4 is 11.8 Å². The predicted molar refractivity (Wildman–Crippen MR) is 75.5 cm³/mol. The summed E-state index contributed by atoms with van der Waals surface area (Å²) >= 11 is 1.99. The van der Waals surface area contributed by atoms with Gasteiger partial charge in [0.1, 0.15) is 5.44 Å². The highest BCUT2D eigenvalue weighted by atomic mass is 32.2. The van der Waals surface area contributed by atoms with E-state index in [1.54, 1.807) is 0 Å². The average Bonchev–Trinajstić information content (AvgIpc) is 2.29. The van der Waals surface area contributed by atoms with Gasteiger partial charge in [-0.15, -0.1) is 11.8 Å². The molecule has 1 saturated heterocycles. The molecular formula is C15H22OS. The summed E-state index contributed by atoms with van der Waals surface area (Å²) in [4.78, 5) is 0. The van der Waals surface area contributed by atoms with E-state index in [4.69, 9.17) is 4.74 Å². The Labute approximate surface area is 109 Å². The van der Waals surface area contributed by atoms with Gasteiger partial charge in [0.2, 0.25) is 0 Å². The lowest BCUT2D eigenvalue weighted by molar-refractivity contribution is 0.0836. The number of rotatable bonds is 3. The van der Waals surface area contributed by atoms with E-state index in [-0.39, 0.29) is 0 Å². The molecule has 1 heterocycles. The Morgan fingerprint density at radius 3 is 2.71 bits per heavy atom. The molecule has 2 rings (SSSR count). The second-order valence-electron chi connectivity index (χ2n) is 5.48. The summed E-state index contributed by atoms with van der Waals surface area (Å²) in [5, 5.41) is 0. The third-order valence-corrected chi connectivity index (χ3v) is 4.81. The highest BCUT2D eigenvalue weighted by Crippen LogP contribution is 2.40. The van der Waals surface area contributed by atoms with Gasteiger partial charge in [-0.2, -0.15) is 0 Å². The summed E-state index contributed by atoms with van der Waals surface area (Å²) in [5.74, 6) is 0.572. The zero-order valence-electron chi connectivity index (χ0n) is 11.0. The van der Waals surface area contributed by atoms with Gasteiger partial charge in [0.25, 0.3) is 0 Å². The second kappa shape index (κ2) is 5.45. The van der Waals surface area contributed by atoms with E-state index in [1.165, 1.54) is 5.56 Å². The van der Waals surface area contributed by atoms with Crippen molar-refractivity contribution < 1.29 is 4.74 Å². The van der Waals surface area contributed by atoms with E-state index in [0.717, 1.165) is 19.4 Å². The molecule has 0 amide bonds. The first kappa shape index (κ1) is 13.0. The largest absolute Gasteiger partial charge is 0.368 e. The minimum Gasteiger partial charge on any atom is -0.368 e. The molecule has 1 aliphatic rings. The van der Waals surface area contributed by atoms with Crippen molar-refractivity contribution in [3.8, 4) is 0 Å². The van der Waals surface area contributed by atoms with Gasteiger partial charge >= 0.3 is 0 Å². The van der Waals surface area contributed by atoms with Gasteiger partial charge in [-0.25, -0.2) is 0 Å². The number of hydrogen-bond acceptors (Lipinski definition) is 2. The maximum Gasteiger partial charge on any atom is 0.104 e. The lowest BCUT2D eigenvalue weighted by Crippen LogP contribution is -2.30. The molecule has 2 atom stereocenters. The third kappa shape index (κ3) is 3.75. The van der Waals surface area contributed by atoms with Crippen LogP contribution in [0.1, 0.15) is 45.1 Å². The quantitative estimate of drug-likeness (QED) is 0.784. The molecule has 0 saturated carbocycles. The minimum atomic E-state index is 0.356. The molecule has 1 fully saturated rings. The molecule has 1 aliphatic heterocycles. The molecule has 2 heteroatoms. The fraction of sp³-hybridized carbons (Fsp3) is 0.600. The summed E-state index contributed by atoms with van der Waals surface area (Å²) in [5.41, 5.74) is 1.77. The highest BCUT2D eigenvalue weighted by Gasteiger charge is 2.30. The van der Waals surface area contributed by atoms with Crippen molar-refractivity contribution in [3.05, 3.63) is 35.9 Å². The van der Waals surface area contributed by atoms with Gasteiger partial charge in [0, 0.05) is 11.4 Å². The molecule has 0 N–H and O–H groups in total. The van der Waals surface area contributed by atoms with Crippen molar-refractivity contribution in [1.82, 2.24) is 0 Å². The number of hydrogen-bond donors (Lipinski definition) is 0. The van der Waals surface area contributed by atoms with E-state index < -0.39 is 0 Å². The van der Waals surface area contributed by atoms with Crippen LogP contribution in [0, 0.1) is 0 Å². The first-order valence-corrected chi connectivity index (χ1v) is 7.29. The predicted octanol–water partition coefficient (Wildman–Crippen LogP) is 4.44. The first-order valence-electron chi connectivity index (χ1n) is 6.41. The van der Waals surface area contributed by atoms with Crippen molar-refractivity contribution in [1.29, 1.82) is 0 Å². The summed E-state index contributed by atoms with van der Waals surface area (Å²) in [6.45, 7) is 7.84. The van der Waals surface area contributed by atoms with Crippen LogP contribution < -0.4 is 0 Å². The molecule has 0 aliphatic carbocycles. The summed E-state index contributed by atoms with van der Waals surface area (Å²) in [7, 11) is 0. The Bertz CT molecular complexity index is 347. The number of benzene rings is 1. The molecule has 1 aromatic carbocycles. The van der Waals surface area contributed by atoms with Crippen molar-refractivity contribution in [2.45, 2.75) is 49.7 Å². The molecule has 94 valence electrons. The molecule has 17 heavy (non-hydrogen) atoms. The maximum absolute atomic E-state index is 5.87. The van der Waals surface area contributed by atoms with Gasteiger partial charge in [-0.05, 0) is 24.3 Å². The molecule has 0 aromatic heterocycles. The molecular weight excluding hydrogens is 228 g/mol. The Morgan fingerprint density at radius 2 is 2.06 bits per heavy atom. The zero-order chi connectivity index (χ0) is 12.3. The lowest BCUT2D eigenvalue weighted by atomic mass is 9.98. The van der Waals surface area contributed by atoms with Crippen LogP contribution in [0.15, 0.2) is 30.3 Å². The molecule has 0 bridgehead atoms. The number of thioether (sulfide) groups is 1. The Morgan fingerprint density at radius 1 is 1.35 bits per heavy atom. The van der Waals surface area contributed by atoms with Gasteiger partial charge < -0.3 is 4.74 Å². The Hall–Kier alpha value is -0.470. The van der Waals surface area contributed by atoms with Crippen molar-refractivity contribution in [3.63, 3.8) is 0 Å². The van der Waals surface area contributed by atoms with Gasteiger partial charge in [-0.3, -0.25) is 0 Å². The van der Waals surface area contributed by atoms with Crippen LogP contribution in [0.4, 0.5) is 0 Å². The smallest absolute Gasteiger partial charge is 0.104 e. The standard InChI is InChI=1S/C15H22OS/c1-12(13-7-5-4-6-8-13)11-14-16-10-9-15(2,3)17-14/h4-8,12,14H,9-11H2,1-3H3. The van der Waals surface area contributed by atoms with Gasteiger partial charge in [-0.1, -0.05) is 51.1 Å². The third-order valence-electron chi connectivity index (χ3n) is 3.37. The molecule has 0 radical (unpaired) electrons. The van der Waals surface area contributed by atoms with Crippen LogP contribution in [0.5, 0.6) is 0 Å². The maximum atomic E-state index is 5.87. The van der Waals surface area contributed by atoms with E-state index in [2.05, 4.69) is 51.1 Å². The fourth-order valence-electron chi connectivity index (χ4n) is 2.21. The van der Waals surface area contributed by atoms with Crippen LogP contribution in [-0.2, 0) is 4.74 Å². The SMILES string of the molecule is CC(CC1OCCC(C)(C)S1)c1ccccc1. The topological polar surface area (TPSA) is 9.23 Å². The van der Waals surface area contributed by atoms with Crippen LogP contribution >= 0.6 is 11.8 Å². The fourth-order valence-corrected chi connectivity index (χ4v) is 3.67. The van der Waals surface area contributed by atoms with Crippen LogP contribution in [-0.4, -0.2) is 16.8 Å². The zero-order valence-corrected chi connectivity index (χ0v) is 11.8. The molecule has 1 aromatic rings. The second-order valence-corrected chi connectivity index (χ2v) is 7.34. The van der Waals surface area contributed by atoms with Crippen molar-refractivity contribution in [2.24, 2.45) is 0 Å². The summed E-state index contributed by atoms with van der Waals surface area (Å²) < 4.78 is 6.24. The molecule has 0 spiro atoms. The highest BCUT2D eigenvalue weighted by molar-refractivity contribution is 8.01. The number of ether oxygens (including phenoxy) is 1. The van der Waals surface area contributed by atoms with E-state index in [0.29, 0.717) is 16.1 Å². The Balaban J connectivity index is 1.93. The van der Waals surface area contributed by atoms with Gasteiger partial charge in [0.05, 0.1) is 0 Å². The van der Waals surface area contributed by atoms with Crippen LogP contribution in [0.3, 0.4) is 0 Å². The minimum absolute atomic E-state index is 0.356. The van der Waals surface area contributed by atoms with Crippen molar-refractivity contribution in [2.75, 3.05) is 6.61 Å². The normalized spacial score (nSPS) is 25.5. The van der Waals surface area contributed by atoms with E-state index in [1.807, 2.05) is 11.8 Å². The lowest BCUT2D eigenvalue weighted by Gasteiger charge is -2.35. The summed E-state index contributed by atoms with van der Waals surface area (Å²) in [6, 6.07) is 10.7. The van der Waals surface area contributed by atoms with E-state index in [9.17, 15) is 0 Å². The van der Waals surface area contributed by atoms with Crippen LogP contribution in [0.2, 0.25) is 0 Å². The monoisotopic (exact) mass is 250 g/mol. The average molecular weight is 250 g/mol. The first-order chi connectivity index (χ1) is 8.07. The van der Waals surface area contributed by atoms with E-state index >= 15 is 0 Å². The Kier molecular flexibility index (Phi) is 4.16. The molecule has 1 nitrogen and oxygen atoms in total. The van der Waals surface area contributed by atoms with Crippen LogP contribution in [0.25, 0.3) is 0 Å². The summed E-state index contributed by atoms with van der Waals surface area (Å²) in [6.07, 6.45) is 2.27. The van der Waals surface area contributed by atoms with Gasteiger partial charge in [0.15, 0.2) is 0 Å².